The molecule has 0 aliphatic heterocycles. The van der Waals surface area contributed by atoms with E-state index in [9.17, 15) is 14.3 Å². The number of aliphatic hydroxyl groups excluding tert-OH is 1. The fourth-order valence-corrected chi connectivity index (χ4v) is 1.75. The summed E-state index contributed by atoms with van der Waals surface area (Å²) in [6.07, 6.45) is -1.71. The maximum Gasteiger partial charge on any atom is 0.333 e. The second-order valence-electron chi connectivity index (χ2n) is 4.28. The van der Waals surface area contributed by atoms with E-state index < -0.39 is 23.3 Å². The lowest BCUT2D eigenvalue weighted by molar-refractivity contribution is -0.150. The third-order valence-electron chi connectivity index (χ3n) is 2.76. The summed E-state index contributed by atoms with van der Waals surface area (Å²) < 4.78 is 18.8. The summed E-state index contributed by atoms with van der Waals surface area (Å²) in [5, 5.41) is 18.5. The average Bonchev–Trinajstić information content (AvgIpc) is 2.26. The molecule has 1 aromatic carbocycles. The molecule has 0 aromatic heterocycles. The molecule has 0 aliphatic rings. The number of ether oxygens (including phenoxy) is 1. The highest BCUT2D eigenvalue weighted by molar-refractivity contribution is 5.74. The van der Waals surface area contributed by atoms with E-state index in [0.717, 1.165) is 0 Å². The van der Waals surface area contributed by atoms with E-state index in [4.69, 9.17) is 9.84 Å². The highest BCUT2D eigenvalue weighted by Gasteiger charge is 2.39. The monoisotopic (exact) mass is 242 g/mol. The van der Waals surface area contributed by atoms with Gasteiger partial charge >= 0.3 is 5.97 Å². The van der Waals surface area contributed by atoms with Crippen molar-refractivity contribution in [3.63, 3.8) is 0 Å². The summed E-state index contributed by atoms with van der Waals surface area (Å²) in [7, 11) is 1.36. The summed E-state index contributed by atoms with van der Waals surface area (Å²) in [4.78, 5) is 10.8. The van der Waals surface area contributed by atoms with Crippen LogP contribution in [0.25, 0.3) is 0 Å². The molecule has 0 saturated carbocycles. The average molecular weight is 242 g/mol. The number of carboxylic acid groups (broad SMARTS) is 1. The predicted octanol–water partition coefficient (Wildman–Crippen LogP) is 1.56. The Morgan fingerprint density at radius 2 is 2.06 bits per heavy atom. The molecule has 4 nitrogen and oxygen atoms in total. The van der Waals surface area contributed by atoms with Crippen LogP contribution in [0.15, 0.2) is 18.2 Å². The number of hydrogen-bond acceptors (Lipinski definition) is 3. The van der Waals surface area contributed by atoms with Gasteiger partial charge in [0.2, 0.25) is 0 Å². The second kappa shape index (κ2) is 4.71. The van der Waals surface area contributed by atoms with Gasteiger partial charge in [0.1, 0.15) is 11.6 Å². The molecule has 0 saturated heterocycles. The summed E-state index contributed by atoms with van der Waals surface area (Å²) in [6.45, 7) is 2.90. The van der Waals surface area contributed by atoms with E-state index in [1.807, 2.05) is 0 Å². The number of aliphatic carboxylic acids is 1. The van der Waals surface area contributed by atoms with Crippen molar-refractivity contribution in [1.29, 1.82) is 0 Å². The molecule has 1 unspecified atom stereocenters. The first-order valence-electron chi connectivity index (χ1n) is 5.06. The molecule has 1 rings (SSSR count). The van der Waals surface area contributed by atoms with Gasteiger partial charge in [-0.05, 0) is 12.1 Å². The maximum atomic E-state index is 13.8. The van der Waals surface area contributed by atoms with Crippen molar-refractivity contribution >= 4 is 5.97 Å². The predicted molar refractivity (Wildman–Crippen MR) is 59.6 cm³/mol. The number of methoxy groups -OCH3 is 1. The van der Waals surface area contributed by atoms with Gasteiger partial charge in [-0.2, -0.15) is 0 Å². The molecule has 0 radical (unpaired) electrons. The van der Waals surface area contributed by atoms with Crippen LogP contribution in [0.2, 0.25) is 0 Å². The van der Waals surface area contributed by atoms with Gasteiger partial charge in [0, 0.05) is 11.0 Å². The number of aliphatic hydroxyl groups is 1. The smallest absolute Gasteiger partial charge is 0.333 e. The fraction of sp³-hybridized carbons (Fsp3) is 0.417. The van der Waals surface area contributed by atoms with E-state index in [1.165, 1.54) is 39.2 Å². The first-order valence-corrected chi connectivity index (χ1v) is 5.06. The van der Waals surface area contributed by atoms with Gasteiger partial charge < -0.3 is 14.9 Å². The van der Waals surface area contributed by atoms with Crippen molar-refractivity contribution in [2.45, 2.75) is 25.4 Å². The quantitative estimate of drug-likeness (QED) is 0.840. The summed E-state index contributed by atoms with van der Waals surface area (Å²) in [5.41, 5.74) is -1.24. The second-order valence-corrected chi connectivity index (χ2v) is 4.28. The minimum absolute atomic E-state index is 0.0531. The molecular formula is C12H15FO4. The van der Waals surface area contributed by atoms with Crippen molar-refractivity contribution in [3.05, 3.63) is 29.6 Å². The number of carboxylic acids is 1. The van der Waals surface area contributed by atoms with Crippen LogP contribution in [-0.2, 0) is 10.2 Å². The zero-order valence-corrected chi connectivity index (χ0v) is 9.90. The molecule has 2 N–H and O–H groups in total. The SMILES string of the molecule is COc1cccc(F)c1C(C)(C)C(O)C(=O)O. The van der Waals surface area contributed by atoms with Crippen molar-refractivity contribution < 1.29 is 24.1 Å². The lowest BCUT2D eigenvalue weighted by atomic mass is 9.78. The number of carbonyl (C=O) groups is 1. The van der Waals surface area contributed by atoms with E-state index in [2.05, 4.69) is 0 Å². The summed E-state index contributed by atoms with van der Waals surface area (Å²) in [6, 6.07) is 4.18. The summed E-state index contributed by atoms with van der Waals surface area (Å²) in [5.74, 6) is -1.79. The Balaban J connectivity index is 3.36. The Morgan fingerprint density at radius 3 is 2.53 bits per heavy atom. The van der Waals surface area contributed by atoms with Crippen molar-refractivity contribution in [3.8, 4) is 5.75 Å². The first-order chi connectivity index (χ1) is 7.82. The van der Waals surface area contributed by atoms with Crippen molar-refractivity contribution in [2.24, 2.45) is 0 Å². The number of halogens is 1. The van der Waals surface area contributed by atoms with Crippen LogP contribution in [0.4, 0.5) is 4.39 Å². The maximum absolute atomic E-state index is 13.8. The molecule has 17 heavy (non-hydrogen) atoms. The van der Waals surface area contributed by atoms with Gasteiger partial charge in [0.25, 0.3) is 0 Å². The Morgan fingerprint density at radius 1 is 1.47 bits per heavy atom. The van der Waals surface area contributed by atoms with Gasteiger partial charge in [-0.3, -0.25) is 0 Å². The molecule has 94 valence electrons. The van der Waals surface area contributed by atoms with Crippen molar-refractivity contribution in [2.75, 3.05) is 7.11 Å². The standard InChI is InChI=1S/C12H15FO4/c1-12(2,10(14)11(15)16)9-7(13)5-4-6-8(9)17-3/h4-6,10,14H,1-3H3,(H,15,16). The Hall–Kier alpha value is -1.62. The normalized spacial score (nSPS) is 13.2. The van der Waals surface area contributed by atoms with Gasteiger partial charge in [-0.15, -0.1) is 0 Å². The number of benzene rings is 1. The van der Waals surface area contributed by atoms with Gasteiger partial charge in [-0.1, -0.05) is 19.9 Å². The van der Waals surface area contributed by atoms with Crippen LogP contribution in [-0.4, -0.2) is 29.4 Å². The zero-order valence-electron chi connectivity index (χ0n) is 9.90. The van der Waals surface area contributed by atoms with Gasteiger partial charge in [0.15, 0.2) is 6.10 Å². The molecule has 1 aromatic rings. The van der Waals surface area contributed by atoms with Gasteiger partial charge in [-0.25, -0.2) is 9.18 Å². The fourth-order valence-electron chi connectivity index (χ4n) is 1.75. The van der Waals surface area contributed by atoms with Crippen LogP contribution in [0.5, 0.6) is 5.75 Å². The molecule has 0 bridgehead atoms. The van der Waals surface area contributed by atoms with Crippen LogP contribution in [0.3, 0.4) is 0 Å². The van der Waals surface area contributed by atoms with Crippen LogP contribution < -0.4 is 4.74 Å². The van der Waals surface area contributed by atoms with Crippen molar-refractivity contribution in [1.82, 2.24) is 0 Å². The molecule has 0 aliphatic carbocycles. The highest BCUT2D eigenvalue weighted by Crippen LogP contribution is 2.36. The zero-order chi connectivity index (χ0) is 13.2. The number of hydrogen-bond donors (Lipinski definition) is 2. The largest absolute Gasteiger partial charge is 0.496 e. The van der Waals surface area contributed by atoms with Gasteiger partial charge in [0.05, 0.1) is 7.11 Å². The topological polar surface area (TPSA) is 66.8 Å². The molecule has 0 heterocycles. The van der Waals surface area contributed by atoms with E-state index in [1.54, 1.807) is 0 Å². The molecular weight excluding hydrogens is 227 g/mol. The minimum Gasteiger partial charge on any atom is -0.496 e. The highest BCUT2D eigenvalue weighted by atomic mass is 19.1. The summed E-state index contributed by atoms with van der Waals surface area (Å²) >= 11 is 0. The third kappa shape index (κ3) is 2.39. The lowest BCUT2D eigenvalue weighted by Crippen LogP contribution is -2.40. The third-order valence-corrected chi connectivity index (χ3v) is 2.76. The van der Waals surface area contributed by atoms with Crippen LogP contribution in [0.1, 0.15) is 19.4 Å². The number of rotatable bonds is 4. The lowest BCUT2D eigenvalue weighted by Gasteiger charge is -2.29. The Bertz CT molecular complexity index is 429. The van der Waals surface area contributed by atoms with E-state index in [0.29, 0.717) is 0 Å². The molecule has 5 heteroatoms. The Kier molecular flexibility index (Phi) is 3.72. The first kappa shape index (κ1) is 13.4. The van der Waals surface area contributed by atoms with Crippen LogP contribution in [0, 0.1) is 5.82 Å². The molecule has 0 fully saturated rings. The molecule has 1 atom stereocenters. The molecule has 0 spiro atoms. The van der Waals surface area contributed by atoms with Crippen LogP contribution >= 0.6 is 0 Å². The minimum atomic E-state index is -1.71. The van der Waals surface area contributed by atoms with E-state index in [-0.39, 0.29) is 11.3 Å². The Labute approximate surface area is 98.7 Å². The molecule has 0 amide bonds. The van der Waals surface area contributed by atoms with E-state index >= 15 is 0 Å².